The highest BCUT2D eigenvalue weighted by Crippen LogP contribution is 2.24. The molecule has 1 aliphatic heterocycles. The van der Waals surface area contributed by atoms with Crippen LogP contribution in [0, 0.1) is 5.41 Å². The predicted octanol–water partition coefficient (Wildman–Crippen LogP) is 2.56. The van der Waals surface area contributed by atoms with E-state index >= 15 is 0 Å². The second-order valence-corrected chi connectivity index (χ2v) is 10.3. The molecule has 2 heterocycles. The summed E-state index contributed by atoms with van der Waals surface area (Å²) in [6, 6.07) is 4.96. The number of hydrogen-bond acceptors (Lipinski definition) is 6. The Morgan fingerprint density at radius 2 is 1.93 bits per heavy atom. The summed E-state index contributed by atoms with van der Waals surface area (Å²) in [4.78, 5) is 16.8. The van der Waals surface area contributed by atoms with E-state index < -0.39 is 10.0 Å². The number of rotatable bonds is 6. The number of imidazole rings is 1. The molecule has 0 spiro atoms. The summed E-state index contributed by atoms with van der Waals surface area (Å²) in [6.07, 6.45) is 0.321. The average molecular weight is 424 g/mol. The first-order valence-corrected chi connectivity index (χ1v) is 11.3. The van der Waals surface area contributed by atoms with Gasteiger partial charge in [0.05, 0.1) is 35.6 Å². The van der Waals surface area contributed by atoms with Gasteiger partial charge in [-0.05, 0) is 30.5 Å². The van der Waals surface area contributed by atoms with Crippen molar-refractivity contribution in [2.75, 3.05) is 26.3 Å². The lowest BCUT2D eigenvalue weighted by molar-refractivity contribution is -0.147. The molecule has 9 heteroatoms. The number of benzene rings is 1. The molecule has 2 aromatic rings. The van der Waals surface area contributed by atoms with Crippen molar-refractivity contribution in [1.29, 1.82) is 0 Å². The molecule has 0 unspecified atom stereocenters. The van der Waals surface area contributed by atoms with Gasteiger partial charge in [0.1, 0.15) is 12.4 Å². The van der Waals surface area contributed by atoms with Crippen LogP contribution in [0.1, 0.15) is 39.9 Å². The Kier molecular flexibility index (Phi) is 6.30. The fraction of sp³-hybridized carbons (Fsp3) is 0.600. The Bertz CT molecular complexity index is 985. The SMILES string of the molecule is CCn1c(COC(=O)CC(C)(C)C)nc2cc(S(=O)(=O)N3CCOCC3)ccc21. The van der Waals surface area contributed by atoms with Crippen molar-refractivity contribution < 1.29 is 22.7 Å². The van der Waals surface area contributed by atoms with E-state index in [1.807, 2.05) is 32.3 Å². The van der Waals surface area contributed by atoms with Crippen LogP contribution in [0.4, 0.5) is 0 Å². The number of hydrogen-bond donors (Lipinski definition) is 0. The van der Waals surface area contributed by atoms with Crippen LogP contribution in [0.25, 0.3) is 11.0 Å². The summed E-state index contributed by atoms with van der Waals surface area (Å²) in [7, 11) is -3.59. The molecule has 0 amide bonds. The van der Waals surface area contributed by atoms with Crippen LogP contribution >= 0.6 is 0 Å². The third kappa shape index (κ3) is 4.96. The molecular formula is C20H29N3O5S. The van der Waals surface area contributed by atoms with Crippen LogP contribution in [0.2, 0.25) is 0 Å². The van der Waals surface area contributed by atoms with Gasteiger partial charge in [0.15, 0.2) is 0 Å². The number of ether oxygens (including phenoxy) is 2. The Morgan fingerprint density at radius 1 is 1.24 bits per heavy atom. The Balaban J connectivity index is 1.85. The molecule has 29 heavy (non-hydrogen) atoms. The molecular weight excluding hydrogens is 394 g/mol. The normalized spacial score (nSPS) is 16.3. The van der Waals surface area contributed by atoms with Crippen molar-refractivity contribution in [2.45, 2.75) is 52.2 Å². The first kappa shape index (κ1) is 21.7. The molecule has 1 fully saturated rings. The highest BCUT2D eigenvalue weighted by molar-refractivity contribution is 7.89. The first-order valence-electron chi connectivity index (χ1n) is 9.84. The molecule has 0 radical (unpaired) electrons. The van der Waals surface area contributed by atoms with Gasteiger partial charge in [-0.2, -0.15) is 4.31 Å². The predicted molar refractivity (Wildman–Crippen MR) is 109 cm³/mol. The molecule has 1 saturated heterocycles. The van der Waals surface area contributed by atoms with E-state index in [0.29, 0.717) is 50.6 Å². The molecule has 0 atom stereocenters. The molecule has 0 aliphatic carbocycles. The monoisotopic (exact) mass is 423 g/mol. The zero-order valence-electron chi connectivity index (χ0n) is 17.5. The van der Waals surface area contributed by atoms with E-state index in [1.165, 1.54) is 4.31 Å². The Morgan fingerprint density at radius 3 is 2.55 bits per heavy atom. The molecule has 1 aromatic carbocycles. The molecule has 0 saturated carbocycles. The summed E-state index contributed by atoms with van der Waals surface area (Å²) < 4.78 is 39.8. The van der Waals surface area contributed by atoms with E-state index in [1.54, 1.807) is 18.2 Å². The van der Waals surface area contributed by atoms with Crippen LogP contribution < -0.4 is 0 Å². The number of carbonyl (C=O) groups excluding carboxylic acids is 1. The number of aryl methyl sites for hydroxylation is 1. The van der Waals surface area contributed by atoms with Crippen molar-refractivity contribution >= 4 is 27.0 Å². The second-order valence-electron chi connectivity index (χ2n) is 8.34. The largest absolute Gasteiger partial charge is 0.457 e. The number of fused-ring (bicyclic) bond motifs is 1. The summed E-state index contributed by atoms with van der Waals surface area (Å²) in [5.41, 5.74) is 1.24. The maximum absolute atomic E-state index is 12.9. The van der Waals surface area contributed by atoms with E-state index in [-0.39, 0.29) is 22.9 Å². The Hall–Kier alpha value is -1.97. The highest BCUT2D eigenvalue weighted by Gasteiger charge is 2.27. The van der Waals surface area contributed by atoms with Gasteiger partial charge in [-0.25, -0.2) is 13.4 Å². The standard InChI is InChI=1S/C20H29N3O5S/c1-5-23-17-7-6-15(29(25,26)22-8-10-27-11-9-22)12-16(17)21-18(23)14-28-19(24)13-20(2,3)4/h6-7,12H,5,8-11,13-14H2,1-4H3. The quantitative estimate of drug-likeness (QED) is 0.663. The van der Waals surface area contributed by atoms with Crippen molar-refractivity contribution in [2.24, 2.45) is 5.41 Å². The van der Waals surface area contributed by atoms with Gasteiger partial charge in [-0.1, -0.05) is 20.8 Å². The van der Waals surface area contributed by atoms with Crippen LogP contribution in [0.15, 0.2) is 23.1 Å². The van der Waals surface area contributed by atoms with Gasteiger partial charge in [0, 0.05) is 19.6 Å². The van der Waals surface area contributed by atoms with Gasteiger partial charge >= 0.3 is 5.97 Å². The molecule has 1 aromatic heterocycles. The minimum Gasteiger partial charge on any atom is -0.457 e. The summed E-state index contributed by atoms with van der Waals surface area (Å²) in [5, 5.41) is 0. The number of carbonyl (C=O) groups is 1. The summed E-state index contributed by atoms with van der Waals surface area (Å²) >= 11 is 0. The van der Waals surface area contributed by atoms with Crippen LogP contribution in [-0.4, -0.2) is 54.5 Å². The summed E-state index contributed by atoms with van der Waals surface area (Å²) in [6.45, 7) is 10.1. The fourth-order valence-electron chi connectivity index (χ4n) is 3.35. The minimum atomic E-state index is -3.59. The molecule has 0 N–H and O–H groups in total. The Labute approximate surface area is 171 Å². The van der Waals surface area contributed by atoms with Crippen LogP contribution in [0.3, 0.4) is 0 Å². The molecule has 160 valence electrons. The first-order chi connectivity index (χ1) is 13.6. The maximum Gasteiger partial charge on any atom is 0.306 e. The second kappa shape index (κ2) is 8.41. The van der Waals surface area contributed by atoms with E-state index in [9.17, 15) is 13.2 Å². The van der Waals surface area contributed by atoms with Crippen molar-refractivity contribution in [1.82, 2.24) is 13.9 Å². The lowest BCUT2D eigenvalue weighted by Crippen LogP contribution is -2.40. The van der Waals surface area contributed by atoms with E-state index in [0.717, 1.165) is 5.52 Å². The van der Waals surface area contributed by atoms with Crippen LogP contribution in [-0.2, 0) is 37.4 Å². The molecule has 0 bridgehead atoms. The van der Waals surface area contributed by atoms with Gasteiger partial charge < -0.3 is 14.0 Å². The van der Waals surface area contributed by atoms with Gasteiger partial charge in [0.2, 0.25) is 10.0 Å². The van der Waals surface area contributed by atoms with Crippen molar-refractivity contribution in [3.63, 3.8) is 0 Å². The number of esters is 1. The topological polar surface area (TPSA) is 90.7 Å². The van der Waals surface area contributed by atoms with Gasteiger partial charge in [0.25, 0.3) is 0 Å². The van der Waals surface area contributed by atoms with Crippen LogP contribution in [0.5, 0.6) is 0 Å². The van der Waals surface area contributed by atoms with E-state index in [4.69, 9.17) is 9.47 Å². The smallest absolute Gasteiger partial charge is 0.306 e. The molecule has 8 nitrogen and oxygen atoms in total. The van der Waals surface area contributed by atoms with E-state index in [2.05, 4.69) is 4.98 Å². The van der Waals surface area contributed by atoms with Crippen molar-refractivity contribution in [3.05, 3.63) is 24.0 Å². The third-order valence-corrected chi connectivity index (χ3v) is 6.65. The van der Waals surface area contributed by atoms with Gasteiger partial charge in [-0.3, -0.25) is 4.79 Å². The minimum absolute atomic E-state index is 0.0585. The lowest BCUT2D eigenvalue weighted by atomic mass is 9.93. The molecule has 1 aliphatic rings. The zero-order chi connectivity index (χ0) is 21.2. The third-order valence-electron chi connectivity index (χ3n) is 4.76. The molecule has 3 rings (SSSR count). The number of sulfonamides is 1. The number of morpholine rings is 1. The zero-order valence-corrected chi connectivity index (χ0v) is 18.3. The fourth-order valence-corrected chi connectivity index (χ4v) is 4.78. The average Bonchev–Trinajstić information content (AvgIpc) is 3.02. The van der Waals surface area contributed by atoms with Crippen molar-refractivity contribution in [3.8, 4) is 0 Å². The summed E-state index contributed by atoms with van der Waals surface area (Å²) in [5.74, 6) is 0.327. The number of nitrogens with zero attached hydrogens (tertiary/aromatic N) is 3. The highest BCUT2D eigenvalue weighted by atomic mass is 32.2. The maximum atomic E-state index is 12.9. The number of aromatic nitrogens is 2. The van der Waals surface area contributed by atoms with Gasteiger partial charge in [-0.15, -0.1) is 0 Å². The lowest BCUT2D eigenvalue weighted by Gasteiger charge is -2.26.